The van der Waals surface area contributed by atoms with Gasteiger partial charge in [-0.3, -0.25) is 0 Å². The summed E-state index contributed by atoms with van der Waals surface area (Å²) in [7, 11) is 0. The molecule has 0 saturated carbocycles. The zero-order chi connectivity index (χ0) is 23.7. The molecule has 0 aliphatic heterocycles. The molecule has 1 aromatic carbocycles. The van der Waals surface area contributed by atoms with E-state index in [4.69, 9.17) is 0 Å². The summed E-state index contributed by atoms with van der Waals surface area (Å²) in [6, 6.07) is 11.2. The molecule has 0 spiro atoms. The van der Waals surface area contributed by atoms with Gasteiger partial charge in [0.15, 0.2) is 0 Å². The number of hydrogen-bond donors (Lipinski definition) is 2. The van der Waals surface area contributed by atoms with Gasteiger partial charge in [0.1, 0.15) is 0 Å². The van der Waals surface area contributed by atoms with Gasteiger partial charge in [0.2, 0.25) is 0 Å². The molecule has 0 atom stereocenters. The number of nitrogens with one attached hydrogen (secondary N) is 2. The molecule has 14 nitrogen and oxygen atoms in total. The van der Waals surface area contributed by atoms with Crippen molar-refractivity contribution < 1.29 is 0 Å². The smallest absolute Gasteiger partial charge is 0.289 e. The van der Waals surface area contributed by atoms with Crippen LogP contribution in [0.2, 0.25) is 0 Å². The van der Waals surface area contributed by atoms with Gasteiger partial charge in [0.05, 0.1) is 11.4 Å². The first-order valence-corrected chi connectivity index (χ1v) is 10.3. The number of anilines is 4. The van der Waals surface area contributed by atoms with E-state index >= 15 is 0 Å². The van der Waals surface area contributed by atoms with Gasteiger partial charge in [0.25, 0.3) is 23.8 Å². The molecule has 0 aliphatic rings. The molecule has 2 N–H and O–H groups in total. The molecule has 170 valence electrons. The van der Waals surface area contributed by atoms with Gasteiger partial charge < -0.3 is 10.6 Å². The lowest BCUT2D eigenvalue weighted by atomic mass is 10.3. The van der Waals surface area contributed by atoms with E-state index < -0.39 is 0 Å². The van der Waals surface area contributed by atoms with Crippen LogP contribution in [-0.4, -0.2) is 60.4 Å². The number of benzene rings is 1. The van der Waals surface area contributed by atoms with Crippen molar-refractivity contribution in [2.45, 2.75) is 27.7 Å². The highest BCUT2D eigenvalue weighted by Crippen LogP contribution is 2.18. The third-order valence-electron chi connectivity index (χ3n) is 4.73. The second-order valence-electron chi connectivity index (χ2n) is 7.55. The van der Waals surface area contributed by atoms with Gasteiger partial charge in [-0.2, -0.15) is 10.2 Å². The summed E-state index contributed by atoms with van der Waals surface area (Å²) in [5.41, 5.74) is 5.05. The first-order chi connectivity index (χ1) is 16.4. The van der Waals surface area contributed by atoms with Crippen molar-refractivity contribution in [2.24, 2.45) is 0 Å². The van der Waals surface area contributed by atoms with E-state index in [1.165, 1.54) is 0 Å². The molecule has 0 fully saturated rings. The second-order valence-corrected chi connectivity index (χ2v) is 7.55. The minimum Gasteiger partial charge on any atom is -0.322 e. The maximum absolute atomic E-state index is 4.32. The number of aromatic nitrogens is 12. The first-order valence-electron chi connectivity index (χ1n) is 10.3. The van der Waals surface area contributed by atoms with Gasteiger partial charge in [0, 0.05) is 22.8 Å². The Morgan fingerprint density at radius 3 is 1.18 bits per heavy atom. The minimum atomic E-state index is 0.266. The zero-order valence-corrected chi connectivity index (χ0v) is 18.8. The summed E-state index contributed by atoms with van der Waals surface area (Å²) < 4.78 is 3.18. The molecule has 34 heavy (non-hydrogen) atoms. The van der Waals surface area contributed by atoms with Crippen molar-refractivity contribution in [1.82, 2.24) is 60.4 Å². The van der Waals surface area contributed by atoms with Gasteiger partial charge in [-0.15, -0.1) is 40.8 Å². The van der Waals surface area contributed by atoms with E-state index in [0.29, 0.717) is 11.9 Å². The van der Waals surface area contributed by atoms with Crippen molar-refractivity contribution in [1.29, 1.82) is 0 Å². The minimum absolute atomic E-state index is 0.266. The quantitative estimate of drug-likeness (QED) is 0.382. The van der Waals surface area contributed by atoms with E-state index in [-0.39, 0.29) is 11.9 Å². The Hall–Kier alpha value is -4.88. The number of nitrogens with zero attached hydrogens (tertiary/aromatic N) is 12. The molecule has 4 aromatic heterocycles. The largest absolute Gasteiger partial charge is 0.322 e. The topological polar surface area (TPSA) is 163 Å². The Kier molecular flexibility index (Phi) is 5.29. The third kappa shape index (κ3) is 4.36. The Morgan fingerprint density at radius 2 is 0.882 bits per heavy atom. The molecule has 0 unspecified atom stereocenters. The Labute approximate surface area is 193 Å². The summed E-state index contributed by atoms with van der Waals surface area (Å²) in [5, 5.41) is 47.4. The SMILES string of the molecule is Cc1cc(C)n(-c2nnc(Nc3ccc(Nc4nnc(-n5nc(C)cc5C)nn4)cc3)nn2)n1. The van der Waals surface area contributed by atoms with Crippen LogP contribution in [-0.2, 0) is 0 Å². The van der Waals surface area contributed by atoms with Crippen molar-refractivity contribution in [3.05, 3.63) is 59.2 Å². The Balaban J connectivity index is 1.22. The van der Waals surface area contributed by atoms with Crippen molar-refractivity contribution in [3.63, 3.8) is 0 Å². The van der Waals surface area contributed by atoms with Crippen molar-refractivity contribution in [3.8, 4) is 11.9 Å². The molecule has 5 aromatic rings. The molecule has 14 heteroatoms. The lowest BCUT2D eigenvalue weighted by Crippen LogP contribution is -2.10. The van der Waals surface area contributed by atoms with Crippen LogP contribution in [0.15, 0.2) is 36.4 Å². The van der Waals surface area contributed by atoms with Gasteiger partial charge >= 0.3 is 0 Å². The maximum Gasteiger partial charge on any atom is 0.289 e. The fraction of sp³-hybridized carbons (Fsp3) is 0.200. The molecule has 0 amide bonds. The Morgan fingerprint density at radius 1 is 0.529 bits per heavy atom. The summed E-state index contributed by atoms with van der Waals surface area (Å²) >= 11 is 0. The predicted octanol–water partition coefficient (Wildman–Crippen LogP) is 1.94. The van der Waals surface area contributed by atoms with Crippen molar-refractivity contribution in [2.75, 3.05) is 10.6 Å². The predicted molar refractivity (Wildman–Crippen MR) is 121 cm³/mol. The fourth-order valence-corrected chi connectivity index (χ4v) is 3.28. The average molecular weight is 456 g/mol. The van der Waals surface area contributed by atoms with Crippen LogP contribution >= 0.6 is 0 Å². The molecule has 0 aliphatic carbocycles. The number of aryl methyl sites for hydroxylation is 4. The summed E-state index contributed by atoms with van der Waals surface area (Å²) in [6.07, 6.45) is 0. The zero-order valence-electron chi connectivity index (χ0n) is 18.8. The monoisotopic (exact) mass is 456 g/mol. The fourth-order valence-electron chi connectivity index (χ4n) is 3.28. The van der Waals surface area contributed by atoms with E-state index in [1.54, 1.807) is 9.36 Å². The van der Waals surface area contributed by atoms with Crippen LogP contribution in [0.3, 0.4) is 0 Å². The molecular formula is C20H20N14. The van der Waals surface area contributed by atoms with Gasteiger partial charge in [-0.05, 0) is 64.1 Å². The molecular weight excluding hydrogens is 436 g/mol. The molecule has 4 heterocycles. The molecule has 5 rings (SSSR count). The van der Waals surface area contributed by atoms with Gasteiger partial charge in [-0.25, -0.2) is 9.36 Å². The van der Waals surface area contributed by atoms with Crippen LogP contribution in [0.1, 0.15) is 22.8 Å². The van der Waals surface area contributed by atoms with Crippen LogP contribution in [0.4, 0.5) is 23.3 Å². The molecule has 0 bridgehead atoms. The molecule has 0 radical (unpaired) electrons. The van der Waals surface area contributed by atoms with E-state index in [9.17, 15) is 0 Å². The second kappa shape index (κ2) is 8.57. The number of hydrogen-bond acceptors (Lipinski definition) is 12. The average Bonchev–Trinajstić information content (AvgIpc) is 3.35. The highest BCUT2D eigenvalue weighted by molar-refractivity contribution is 5.60. The Bertz CT molecular complexity index is 1310. The summed E-state index contributed by atoms with van der Waals surface area (Å²) in [5.74, 6) is 1.15. The number of rotatable bonds is 6. The first kappa shape index (κ1) is 21.0. The lowest BCUT2D eigenvalue weighted by Gasteiger charge is -2.07. The highest BCUT2D eigenvalue weighted by atomic mass is 15.5. The highest BCUT2D eigenvalue weighted by Gasteiger charge is 2.10. The van der Waals surface area contributed by atoms with Crippen molar-refractivity contribution >= 4 is 23.3 Å². The van der Waals surface area contributed by atoms with E-state index in [1.807, 2.05) is 64.1 Å². The lowest BCUT2D eigenvalue weighted by molar-refractivity contribution is 0.713. The maximum atomic E-state index is 4.32. The summed E-state index contributed by atoms with van der Waals surface area (Å²) in [6.45, 7) is 7.63. The van der Waals surface area contributed by atoms with Crippen LogP contribution in [0.5, 0.6) is 0 Å². The van der Waals surface area contributed by atoms with Crippen LogP contribution in [0.25, 0.3) is 11.9 Å². The van der Waals surface area contributed by atoms with E-state index in [0.717, 1.165) is 34.2 Å². The van der Waals surface area contributed by atoms with Crippen LogP contribution in [0, 0.1) is 27.7 Å². The van der Waals surface area contributed by atoms with Crippen LogP contribution < -0.4 is 10.6 Å². The van der Waals surface area contributed by atoms with Gasteiger partial charge in [-0.1, -0.05) is 0 Å². The van der Waals surface area contributed by atoms with E-state index in [2.05, 4.69) is 61.6 Å². The normalized spacial score (nSPS) is 10.9. The molecule has 0 saturated heterocycles. The third-order valence-corrected chi connectivity index (χ3v) is 4.73. The standard InChI is InChI=1S/C20H20N14/c1-11-9-13(3)33(31-11)19-27-23-17(24-28-19)21-15-5-7-16(8-6-15)22-18-25-29-20(30-26-18)34-14(4)10-12(2)32-34/h5-10H,1-4H3,(H,21,23,24)(H,22,25,26). The summed E-state index contributed by atoms with van der Waals surface area (Å²) in [4.78, 5) is 0.